The Morgan fingerprint density at radius 3 is 2.21 bits per heavy atom. The molecule has 2 heterocycles. The van der Waals surface area contributed by atoms with E-state index in [0.717, 1.165) is 26.2 Å². The number of quaternary nitrogens is 1. The zero-order valence-electron chi connectivity index (χ0n) is 12.7. The monoisotopic (exact) mass is 270 g/mol. The van der Waals surface area contributed by atoms with Crippen molar-refractivity contribution in [1.29, 1.82) is 0 Å². The number of hydrogen-bond acceptors (Lipinski definition) is 3. The van der Waals surface area contributed by atoms with Crippen molar-refractivity contribution in [2.24, 2.45) is 0 Å². The summed E-state index contributed by atoms with van der Waals surface area (Å²) in [6, 6.07) is 0.485. The van der Waals surface area contributed by atoms with Crippen molar-refractivity contribution >= 4 is 5.91 Å². The van der Waals surface area contributed by atoms with Gasteiger partial charge in [-0.05, 0) is 13.8 Å². The molecule has 2 aliphatic rings. The molecule has 2 saturated heterocycles. The molecule has 110 valence electrons. The Balaban J connectivity index is 1.95. The van der Waals surface area contributed by atoms with Crippen molar-refractivity contribution in [3.8, 4) is 0 Å². The van der Waals surface area contributed by atoms with E-state index in [-0.39, 0.29) is 18.1 Å². The third-order valence-electron chi connectivity index (χ3n) is 4.66. The summed E-state index contributed by atoms with van der Waals surface area (Å²) < 4.78 is 0.615. The topological polar surface area (TPSA) is 43.8 Å². The molecule has 0 aromatic rings. The van der Waals surface area contributed by atoms with Crippen molar-refractivity contribution in [1.82, 2.24) is 9.80 Å². The molecule has 0 aromatic heterocycles. The number of likely N-dealkylation sites (tertiary alicyclic amines) is 1. The van der Waals surface area contributed by atoms with Crippen LogP contribution in [0.3, 0.4) is 0 Å². The molecule has 0 spiro atoms. The van der Waals surface area contributed by atoms with Gasteiger partial charge in [0, 0.05) is 38.6 Å². The molecule has 19 heavy (non-hydrogen) atoms. The quantitative estimate of drug-likeness (QED) is 0.704. The van der Waals surface area contributed by atoms with Gasteiger partial charge in [0.1, 0.15) is 12.6 Å². The average molecular weight is 270 g/mol. The number of nitrogens with zero attached hydrogens (tertiary/aromatic N) is 3. The molecule has 0 radical (unpaired) electrons. The Morgan fingerprint density at radius 2 is 1.79 bits per heavy atom. The van der Waals surface area contributed by atoms with E-state index >= 15 is 0 Å². The number of carbonyl (C=O) groups excluding carboxylic acids is 1. The number of hydrogen-bond donors (Lipinski definition) is 1. The van der Waals surface area contributed by atoms with Crippen molar-refractivity contribution in [3.63, 3.8) is 0 Å². The number of amides is 1. The highest BCUT2D eigenvalue weighted by atomic mass is 16.3. The summed E-state index contributed by atoms with van der Waals surface area (Å²) in [6.07, 6.45) is 0.275. The Bertz CT molecular complexity index is 336. The van der Waals surface area contributed by atoms with Crippen LogP contribution < -0.4 is 0 Å². The van der Waals surface area contributed by atoms with E-state index in [4.69, 9.17) is 0 Å². The summed E-state index contributed by atoms with van der Waals surface area (Å²) >= 11 is 0. The molecule has 0 saturated carbocycles. The number of piperazine rings is 1. The summed E-state index contributed by atoms with van der Waals surface area (Å²) in [5, 5.41) is 9.80. The Hall–Kier alpha value is -0.650. The molecule has 1 N–H and O–H groups in total. The average Bonchev–Trinajstić information content (AvgIpc) is 2.61. The first kappa shape index (κ1) is 14.8. The lowest BCUT2D eigenvalue weighted by molar-refractivity contribution is -0.894. The van der Waals surface area contributed by atoms with Crippen molar-refractivity contribution in [2.45, 2.75) is 38.5 Å². The Labute approximate surface area is 116 Å². The van der Waals surface area contributed by atoms with Gasteiger partial charge in [0.15, 0.2) is 6.04 Å². The summed E-state index contributed by atoms with van der Waals surface area (Å²) in [6.45, 7) is 8.66. The van der Waals surface area contributed by atoms with Gasteiger partial charge in [0.05, 0.1) is 14.1 Å². The van der Waals surface area contributed by atoms with Crippen molar-refractivity contribution in [3.05, 3.63) is 0 Å². The van der Waals surface area contributed by atoms with Crippen LogP contribution in [0, 0.1) is 0 Å². The lowest BCUT2D eigenvalue weighted by Crippen LogP contribution is -2.58. The number of aliphatic hydroxyl groups excluding tert-OH is 1. The molecule has 0 aromatic carbocycles. The minimum Gasteiger partial charge on any atom is -0.387 e. The van der Waals surface area contributed by atoms with Gasteiger partial charge in [-0.3, -0.25) is 9.69 Å². The molecule has 0 unspecified atom stereocenters. The van der Waals surface area contributed by atoms with Crippen LogP contribution in [0.5, 0.6) is 0 Å². The molecule has 2 rings (SSSR count). The highest BCUT2D eigenvalue weighted by molar-refractivity contribution is 5.81. The maximum absolute atomic E-state index is 12.6. The van der Waals surface area contributed by atoms with Crippen LogP contribution in [0.1, 0.15) is 20.3 Å². The normalized spacial score (nSPS) is 32.0. The van der Waals surface area contributed by atoms with Gasteiger partial charge in [0.2, 0.25) is 0 Å². The fourth-order valence-electron chi connectivity index (χ4n) is 3.36. The number of carbonyl (C=O) groups is 1. The van der Waals surface area contributed by atoms with E-state index in [1.54, 1.807) is 0 Å². The second-order valence-electron chi connectivity index (χ2n) is 6.82. The van der Waals surface area contributed by atoms with E-state index in [1.807, 2.05) is 19.0 Å². The first-order valence-corrected chi connectivity index (χ1v) is 7.35. The van der Waals surface area contributed by atoms with Gasteiger partial charge in [-0.2, -0.15) is 0 Å². The number of aliphatic hydroxyl groups is 1. The second-order valence-corrected chi connectivity index (χ2v) is 6.82. The maximum Gasteiger partial charge on any atom is 0.281 e. The summed E-state index contributed by atoms with van der Waals surface area (Å²) in [7, 11) is 4.09. The zero-order valence-corrected chi connectivity index (χ0v) is 12.7. The molecule has 2 fully saturated rings. The van der Waals surface area contributed by atoms with E-state index in [9.17, 15) is 9.90 Å². The molecule has 5 nitrogen and oxygen atoms in total. The summed E-state index contributed by atoms with van der Waals surface area (Å²) in [5.74, 6) is 0.227. The van der Waals surface area contributed by atoms with Crippen LogP contribution >= 0.6 is 0 Å². The summed E-state index contributed by atoms with van der Waals surface area (Å²) in [5.41, 5.74) is 0. The highest BCUT2D eigenvalue weighted by Gasteiger charge is 2.46. The van der Waals surface area contributed by atoms with Gasteiger partial charge in [0.25, 0.3) is 5.91 Å². The maximum atomic E-state index is 12.6. The molecule has 2 atom stereocenters. The van der Waals surface area contributed by atoms with Gasteiger partial charge in [-0.1, -0.05) is 0 Å². The molecule has 5 heteroatoms. The molecule has 0 bridgehead atoms. The van der Waals surface area contributed by atoms with Crippen LogP contribution in [0.25, 0.3) is 0 Å². The van der Waals surface area contributed by atoms with Crippen LogP contribution in [0.4, 0.5) is 0 Å². The fourth-order valence-corrected chi connectivity index (χ4v) is 3.36. The van der Waals surface area contributed by atoms with E-state index in [2.05, 4.69) is 18.7 Å². The third-order valence-corrected chi connectivity index (χ3v) is 4.66. The Kier molecular flexibility index (Phi) is 4.18. The minimum atomic E-state index is -0.332. The molecule has 0 aliphatic carbocycles. The third kappa shape index (κ3) is 3.09. The van der Waals surface area contributed by atoms with Crippen molar-refractivity contribution < 1.29 is 14.4 Å². The van der Waals surface area contributed by atoms with Gasteiger partial charge >= 0.3 is 0 Å². The van der Waals surface area contributed by atoms with E-state index in [1.165, 1.54) is 0 Å². The second kappa shape index (κ2) is 5.38. The molecule has 2 aliphatic heterocycles. The molecular formula is C14H28N3O2+. The fraction of sp³-hybridized carbons (Fsp3) is 0.929. The van der Waals surface area contributed by atoms with E-state index in [0.29, 0.717) is 23.5 Å². The lowest BCUT2D eigenvalue weighted by Gasteiger charge is -2.39. The van der Waals surface area contributed by atoms with Gasteiger partial charge < -0.3 is 14.5 Å². The lowest BCUT2D eigenvalue weighted by atomic mass is 10.1. The Morgan fingerprint density at radius 1 is 1.21 bits per heavy atom. The zero-order chi connectivity index (χ0) is 14.2. The minimum absolute atomic E-state index is 0.0689. The van der Waals surface area contributed by atoms with Crippen LogP contribution in [-0.4, -0.2) is 90.3 Å². The van der Waals surface area contributed by atoms with Gasteiger partial charge in [-0.15, -0.1) is 0 Å². The van der Waals surface area contributed by atoms with Crippen LogP contribution in [0.15, 0.2) is 0 Å². The molecule has 1 amide bonds. The molecular weight excluding hydrogens is 242 g/mol. The first-order chi connectivity index (χ1) is 8.81. The summed E-state index contributed by atoms with van der Waals surface area (Å²) in [4.78, 5) is 17.0. The largest absolute Gasteiger partial charge is 0.387 e. The van der Waals surface area contributed by atoms with Gasteiger partial charge in [-0.25, -0.2) is 0 Å². The highest BCUT2D eigenvalue weighted by Crippen LogP contribution is 2.25. The first-order valence-electron chi connectivity index (χ1n) is 7.35. The standard InChI is InChI=1S/C14H28N3O2/c1-11(2)15-5-7-16(8-6-15)14(19)13-9-12(18)10-17(13,3)4/h11-13,18H,5-10H2,1-4H3/q+1/t12-,13-/m0/s1. The van der Waals surface area contributed by atoms with Crippen molar-refractivity contribution in [2.75, 3.05) is 46.8 Å². The predicted octanol–water partition coefficient (Wildman–Crippen LogP) is -0.251. The number of likely N-dealkylation sites (N-methyl/N-ethyl adjacent to an activating group) is 1. The van der Waals surface area contributed by atoms with Crippen LogP contribution in [-0.2, 0) is 4.79 Å². The van der Waals surface area contributed by atoms with Crippen LogP contribution in [0.2, 0.25) is 0 Å². The SMILES string of the molecule is CC(C)N1CCN(C(=O)[C@@H]2C[C@H](O)C[N+]2(C)C)CC1. The smallest absolute Gasteiger partial charge is 0.281 e. The number of rotatable bonds is 2. The predicted molar refractivity (Wildman–Crippen MR) is 74.7 cm³/mol. The van der Waals surface area contributed by atoms with E-state index < -0.39 is 0 Å².